The van der Waals surface area contributed by atoms with Crippen LogP contribution in [0.5, 0.6) is 0 Å². The first-order valence-electron chi connectivity index (χ1n) is 23.1. The number of unbranched alkanes of at least 4 members (excludes halogenated alkanes) is 22. The molecule has 0 spiro atoms. The Labute approximate surface area is 329 Å². The van der Waals surface area contributed by atoms with Gasteiger partial charge in [-0.05, 0) is 37.0 Å². The molecule has 1 unspecified atom stereocenters. The lowest BCUT2D eigenvalue weighted by molar-refractivity contribution is -0.167. The lowest BCUT2D eigenvalue weighted by Crippen LogP contribution is -2.30. The third kappa shape index (κ3) is 39.9. The van der Waals surface area contributed by atoms with Gasteiger partial charge in [0.05, 0.1) is 0 Å². The minimum absolute atomic E-state index is 0.0668. The summed E-state index contributed by atoms with van der Waals surface area (Å²) in [6.45, 7) is 13.6. The van der Waals surface area contributed by atoms with Crippen LogP contribution in [0.15, 0.2) is 0 Å². The first kappa shape index (κ1) is 51.4. The fourth-order valence-corrected chi connectivity index (χ4v) is 6.85. The van der Waals surface area contributed by atoms with Crippen LogP contribution in [0.4, 0.5) is 0 Å². The van der Waals surface area contributed by atoms with Crippen molar-refractivity contribution in [3.63, 3.8) is 0 Å². The quantitative estimate of drug-likeness (QED) is 0.0352. The average molecular weight is 751 g/mol. The highest BCUT2D eigenvalue weighted by Crippen LogP contribution is 2.17. The first-order valence-corrected chi connectivity index (χ1v) is 23.1. The predicted octanol–water partition coefficient (Wildman–Crippen LogP) is 14.4. The number of carbonyl (C=O) groups excluding carboxylic acids is 3. The summed E-state index contributed by atoms with van der Waals surface area (Å²) in [7, 11) is 0. The molecule has 6 nitrogen and oxygen atoms in total. The molecule has 0 aliphatic carbocycles. The number of esters is 3. The summed E-state index contributed by atoms with van der Waals surface area (Å²) < 4.78 is 16.7. The molecule has 314 valence electrons. The van der Waals surface area contributed by atoms with Crippen molar-refractivity contribution >= 4 is 17.9 Å². The molecule has 6 heteroatoms. The van der Waals surface area contributed by atoms with Gasteiger partial charge in [0, 0.05) is 19.3 Å². The second kappa shape index (κ2) is 38.7. The monoisotopic (exact) mass is 751 g/mol. The molecule has 0 heterocycles. The van der Waals surface area contributed by atoms with Gasteiger partial charge >= 0.3 is 17.9 Å². The van der Waals surface area contributed by atoms with Crippen molar-refractivity contribution in [3.8, 4) is 0 Å². The van der Waals surface area contributed by atoms with E-state index < -0.39 is 6.10 Å². The van der Waals surface area contributed by atoms with Crippen LogP contribution in [0.2, 0.25) is 0 Å². The van der Waals surface area contributed by atoms with Gasteiger partial charge < -0.3 is 14.2 Å². The van der Waals surface area contributed by atoms with Crippen molar-refractivity contribution < 1.29 is 28.6 Å². The van der Waals surface area contributed by atoms with Crippen LogP contribution in [0.3, 0.4) is 0 Å². The zero-order valence-corrected chi connectivity index (χ0v) is 36.3. The molecular formula is C47H90O6. The van der Waals surface area contributed by atoms with E-state index in [1.165, 1.54) is 128 Å². The fraction of sp³-hybridized carbons (Fsp3) is 0.936. The normalized spacial score (nSPS) is 12.7. The molecule has 0 rings (SSSR count). The predicted molar refractivity (Wildman–Crippen MR) is 224 cm³/mol. The standard InChI is InChI=1S/C47H90O6/c1-7-43(6)35-29-23-16-12-8-9-13-18-26-32-38-47(50)53-44(40-52-46(49)37-31-25-20-19-22-28-34-42(4)5)39-51-45(48)36-30-24-17-14-10-11-15-21-27-33-41(2)3/h41-44H,7-40H2,1-6H3/t43?,44-/m1/s1. The van der Waals surface area contributed by atoms with E-state index in [4.69, 9.17) is 14.2 Å². The van der Waals surface area contributed by atoms with E-state index in [1.54, 1.807) is 0 Å². The maximum absolute atomic E-state index is 12.7. The molecule has 0 radical (unpaired) electrons. The molecule has 53 heavy (non-hydrogen) atoms. The minimum atomic E-state index is -0.762. The van der Waals surface area contributed by atoms with Crippen LogP contribution in [0.1, 0.15) is 247 Å². The van der Waals surface area contributed by atoms with E-state index in [1.807, 2.05) is 0 Å². The highest BCUT2D eigenvalue weighted by Gasteiger charge is 2.19. The van der Waals surface area contributed by atoms with Crippen molar-refractivity contribution in [2.75, 3.05) is 13.2 Å². The smallest absolute Gasteiger partial charge is 0.306 e. The van der Waals surface area contributed by atoms with E-state index >= 15 is 0 Å². The molecular weight excluding hydrogens is 661 g/mol. The molecule has 0 saturated carbocycles. The minimum Gasteiger partial charge on any atom is -0.462 e. The summed E-state index contributed by atoms with van der Waals surface area (Å²) >= 11 is 0. The third-order valence-corrected chi connectivity index (χ3v) is 10.8. The van der Waals surface area contributed by atoms with Gasteiger partial charge in [-0.15, -0.1) is 0 Å². The highest BCUT2D eigenvalue weighted by atomic mass is 16.6. The van der Waals surface area contributed by atoms with E-state index in [0.29, 0.717) is 19.3 Å². The van der Waals surface area contributed by atoms with Crippen LogP contribution in [-0.2, 0) is 28.6 Å². The molecule has 0 aromatic carbocycles. The molecule has 0 aliphatic heterocycles. The Morgan fingerprint density at radius 3 is 0.981 bits per heavy atom. The van der Waals surface area contributed by atoms with E-state index in [-0.39, 0.29) is 31.1 Å². The highest BCUT2D eigenvalue weighted by molar-refractivity contribution is 5.71. The average Bonchev–Trinajstić information content (AvgIpc) is 3.12. The van der Waals surface area contributed by atoms with Crippen molar-refractivity contribution in [1.82, 2.24) is 0 Å². The molecule has 0 saturated heterocycles. The number of ether oxygens (including phenoxy) is 3. The Morgan fingerprint density at radius 1 is 0.377 bits per heavy atom. The molecule has 0 aromatic heterocycles. The van der Waals surface area contributed by atoms with E-state index in [9.17, 15) is 14.4 Å². The number of carbonyl (C=O) groups is 3. The Hall–Kier alpha value is -1.59. The van der Waals surface area contributed by atoms with Gasteiger partial charge in [0.2, 0.25) is 0 Å². The van der Waals surface area contributed by atoms with Crippen LogP contribution in [-0.4, -0.2) is 37.2 Å². The lowest BCUT2D eigenvalue weighted by Gasteiger charge is -2.18. The molecule has 0 N–H and O–H groups in total. The summed E-state index contributed by atoms with van der Waals surface area (Å²) in [5.41, 5.74) is 0. The third-order valence-electron chi connectivity index (χ3n) is 10.8. The Bertz CT molecular complexity index is 824. The zero-order valence-electron chi connectivity index (χ0n) is 36.3. The summed E-state index contributed by atoms with van der Waals surface area (Å²) in [4.78, 5) is 37.7. The zero-order chi connectivity index (χ0) is 39.2. The second-order valence-corrected chi connectivity index (χ2v) is 17.2. The SMILES string of the molecule is CCC(C)CCCCCCCCCCCCC(=O)O[C@H](COC(=O)CCCCCCCCCCCC(C)C)COC(=O)CCCCCCCCC(C)C. The molecule has 2 atom stereocenters. The van der Waals surface area contributed by atoms with Crippen molar-refractivity contribution in [2.45, 2.75) is 253 Å². The van der Waals surface area contributed by atoms with Gasteiger partial charge in [0.1, 0.15) is 13.2 Å². The van der Waals surface area contributed by atoms with Crippen LogP contribution >= 0.6 is 0 Å². The molecule has 0 bridgehead atoms. The topological polar surface area (TPSA) is 78.9 Å². The maximum atomic E-state index is 12.7. The molecule has 0 amide bonds. The first-order chi connectivity index (χ1) is 25.6. The van der Waals surface area contributed by atoms with Crippen LogP contribution < -0.4 is 0 Å². The lowest BCUT2D eigenvalue weighted by atomic mass is 9.99. The van der Waals surface area contributed by atoms with E-state index in [2.05, 4.69) is 41.5 Å². The maximum Gasteiger partial charge on any atom is 0.306 e. The van der Waals surface area contributed by atoms with Crippen molar-refractivity contribution in [2.24, 2.45) is 17.8 Å². The number of rotatable bonds is 40. The largest absolute Gasteiger partial charge is 0.462 e. The van der Waals surface area contributed by atoms with Gasteiger partial charge in [-0.25, -0.2) is 0 Å². The van der Waals surface area contributed by atoms with E-state index in [0.717, 1.165) is 75.5 Å². The summed E-state index contributed by atoms with van der Waals surface area (Å²) in [5, 5.41) is 0. The van der Waals surface area contributed by atoms with Crippen LogP contribution in [0.25, 0.3) is 0 Å². The number of hydrogen-bond acceptors (Lipinski definition) is 6. The van der Waals surface area contributed by atoms with Gasteiger partial charge in [-0.3, -0.25) is 14.4 Å². The summed E-state index contributed by atoms with van der Waals surface area (Å²) in [5.74, 6) is 1.57. The van der Waals surface area contributed by atoms with Crippen molar-refractivity contribution in [1.29, 1.82) is 0 Å². The summed E-state index contributed by atoms with van der Waals surface area (Å²) in [6.07, 6.45) is 35.2. The van der Waals surface area contributed by atoms with Gasteiger partial charge in [0.15, 0.2) is 6.10 Å². The Balaban J connectivity index is 4.34. The van der Waals surface area contributed by atoms with Crippen molar-refractivity contribution in [3.05, 3.63) is 0 Å². The molecule has 0 fully saturated rings. The second-order valence-electron chi connectivity index (χ2n) is 17.2. The van der Waals surface area contributed by atoms with Gasteiger partial charge in [-0.2, -0.15) is 0 Å². The molecule has 0 aliphatic rings. The number of hydrogen-bond donors (Lipinski definition) is 0. The fourth-order valence-electron chi connectivity index (χ4n) is 6.85. The Morgan fingerprint density at radius 2 is 0.660 bits per heavy atom. The van der Waals surface area contributed by atoms with Crippen LogP contribution in [0, 0.1) is 17.8 Å². The summed E-state index contributed by atoms with van der Waals surface area (Å²) in [6, 6.07) is 0. The van der Waals surface area contributed by atoms with Gasteiger partial charge in [0.25, 0.3) is 0 Å². The molecule has 0 aromatic rings. The van der Waals surface area contributed by atoms with Gasteiger partial charge in [-0.1, -0.05) is 208 Å². The Kier molecular flexibility index (Phi) is 37.5.